The Kier molecular flexibility index (Phi) is 5.46. The molecule has 16 heavy (non-hydrogen) atoms. The summed E-state index contributed by atoms with van der Waals surface area (Å²) in [6.45, 7) is 1.95. The molecule has 0 bridgehead atoms. The molecule has 2 unspecified atom stereocenters. The SMILES string of the molecule is CCC(CS(=O)c1ccc(F)cc1)N=C=S. The highest BCUT2D eigenvalue weighted by Gasteiger charge is 2.11. The third-order valence-electron chi connectivity index (χ3n) is 2.13. The van der Waals surface area contributed by atoms with Crippen molar-refractivity contribution in [3.05, 3.63) is 30.1 Å². The molecule has 1 aromatic carbocycles. The molecule has 0 aromatic heterocycles. The van der Waals surface area contributed by atoms with Gasteiger partial charge in [0.15, 0.2) is 0 Å². The molecule has 2 nitrogen and oxygen atoms in total. The zero-order valence-corrected chi connectivity index (χ0v) is 10.5. The molecule has 5 heteroatoms. The minimum absolute atomic E-state index is 0.0802. The maximum Gasteiger partial charge on any atom is 0.123 e. The predicted octanol–water partition coefficient (Wildman–Crippen LogP) is 2.81. The highest BCUT2D eigenvalue weighted by molar-refractivity contribution is 7.85. The summed E-state index contributed by atoms with van der Waals surface area (Å²) in [5.41, 5.74) is 0. The van der Waals surface area contributed by atoms with E-state index in [-0.39, 0.29) is 11.9 Å². The molecular weight excluding hydrogens is 245 g/mol. The Labute approximate surface area is 102 Å². The highest BCUT2D eigenvalue weighted by atomic mass is 32.2. The number of hydrogen-bond acceptors (Lipinski definition) is 3. The fourth-order valence-corrected chi connectivity index (χ4v) is 2.62. The number of benzene rings is 1. The summed E-state index contributed by atoms with van der Waals surface area (Å²) in [5, 5.41) is 2.30. The van der Waals surface area contributed by atoms with Gasteiger partial charge in [-0.25, -0.2) is 9.38 Å². The molecular formula is C11H12FNOS2. The Morgan fingerprint density at radius 1 is 1.50 bits per heavy atom. The lowest BCUT2D eigenvalue weighted by atomic mass is 10.3. The van der Waals surface area contributed by atoms with Gasteiger partial charge in [-0.15, -0.1) is 0 Å². The van der Waals surface area contributed by atoms with E-state index in [1.54, 1.807) is 0 Å². The highest BCUT2D eigenvalue weighted by Crippen LogP contribution is 2.11. The summed E-state index contributed by atoms with van der Waals surface area (Å²) in [5.74, 6) is 0.0656. The van der Waals surface area contributed by atoms with Crippen LogP contribution in [-0.4, -0.2) is 21.2 Å². The molecule has 1 rings (SSSR count). The van der Waals surface area contributed by atoms with E-state index < -0.39 is 10.8 Å². The number of aliphatic imine (C=N–C) groups is 1. The molecule has 86 valence electrons. The first kappa shape index (κ1) is 13.2. The smallest absolute Gasteiger partial charge is 0.123 e. The van der Waals surface area contributed by atoms with Crippen molar-refractivity contribution in [3.63, 3.8) is 0 Å². The molecule has 0 amide bonds. The van der Waals surface area contributed by atoms with Crippen molar-refractivity contribution in [2.75, 3.05) is 5.75 Å². The molecule has 0 fully saturated rings. The average molecular weight is 257 g/mol. The van der Waals surface area contributed by atoms with Gasteiger partial charge in [-0.2, -0.15) is 0 Å². The first-order chi connectivity index (χ1) is 7.67. The molecule has 0 spiro atoms. The van der Waals surface area contributed by atoms with Crippen molar-refractivity contribution in [2.24, 2.45) is 4.99 Å². The van der Waals surface area contributed by atoms with Gasteiger partial charge in [-0.05, 0) is 42.9 Å². The van der Waals surface area contributed by atoms with Crippen LogP contribution in [-0.2, 0) is 10.8 Å². The number of halogens is 1. The molecule has 0 aliphatic rings. The topological polar surface area (TPSA) is 29.4 Å². The third kappa shape index (κ3) is 3.93. The molecule has 0 saturated carbocycles. The molecule has 0 radical (unpaired) electrons. The van der Waals surface area contributed by atoms with Crippen LogP contribution in [0.2, 0.25) is 0 Å². The van der Waals surface area contributed by atoms with Crippen LogP contribution in [0.15, 0.2) is 34.2 Å². The van der Waals surface area contributed by atoms with Crippen molar-refractivity contribution in [1.29, 1.82) is 0 Å². The number of isothiocyanates is 1. The lowest BCUT2D eigenvalue weighted by Crippen LogP contribution is -2.13. The molecule has 0 aliphatic carbocycles. The van der Waals surface area contributed by atoms with E-state index in [2.05, 4.69) is 22.4 Å². The summed E-state index contributed by atoms with van der Waals surface area (Å²) >= 11 is 4.52. The van der Waals surface area contributed by atoms with E-state index in [0.717, 1.165) is 6.42 Å². The summed E-state index contributed by atoms with van der Waals surface area (Å²) in [7, 11) is -1.17. The zero-order chi connectivity index (χ0) is 12.0. The van der Waals surface area contributed by atoms with Gasteiger partial charge in [0.2, 0.25) is 0 Å². The number of thiocarbonyl (C=S) groups is 1. The normalized spacial score (nSPS) is 13.9. The molecule has 0 aliphatic heterocycles. The van der Waals surface area contributed by atoms with Crippen LogP contribution in [0, 0.1) is 5.82 Å². The van der Waals surface area contributed by atoms with Crippen LogP contribution < -0.4 is 0 Å². The van der Waals surface area contributed by atoms with Crippen LogP contribution in [0.4, 0.5) is 4.39 Å². The quantitative estimate of drug-likeness (QED) is 0.599. The van der Waals surface area contributed by atoms with E-state index in [0.29, 0.717) is 10.6 Å². The van der Waals surface area contributed by atoms with Gasteiger partial charge in [0.25, 0.3) is 0 Å². The van der Waals surface area contributed by atoms with Gasteiger partial charge in [0, 0.05) is 4.90 Å². The molecule has 0 N–H and O–H groups in total. The van der Waals surface area contributed by atoms with Crippen molar-refractivity contribution in [3.8, 4) is 0 Å². The second-order valence-corrected chi connectivity index (χ2v) is 4.93. The Morgan fingerprint density at radius 2 is 2.12 bits per heavy atom. The fourth-order valence-electron chi connectivity index (χ4n) is 1.18. The van der Waals surface area contributed by atoms with E-state index in [4.69, 9.17) is 0 Å². The summed E-state index contributed by atoms with van der Waals surface area (Å²) in [6.07, 6.45) is 0.760. The average Bonchev–Trinajstić information content (AvgIpc) is 2.29. The maximum atomic E-state index is 12.7. The third-order valence-corrected chi connectivity index (χ3v) is 3.72. The maximum absolute atomic E-state index is 12.7. The van der Waals surface area contributed by atoms with Crippen LogP contribution >= 0.6 is 12.2 Å². The van der Waals surface area contributed by atoms with Gasteiger partial charge >= 0.3 is 0 Å². The molecule has 1 aromatic rings. The van der Waals surface area contributed by atoms with Crippen LogP contribution in [0.3, 0.4) is 0 Å². The standard InChI is InChI=1S/C11H12FNOS2/c1-2-10(13-8-15)7-16(14)11-5-3-9(12)4-6-11/h3-6,10H,2,7H2,1H3. The van der Waals surface area contributed by atoms with E-state index in [1.165, 1.54) is 24.3 Å². The van der Waals surface area contributed by atoms with Crippen LogP contribution in [0.25, 0.3) is 0 Å². The largest absolute Gasteiger partial charge is 0.254 e. The molecule has 0 saturated heterocycles. The summed E-state index contributed by atoms with van der Waals surface area (Å²) < 4.78 is 24.5. The minimum Gasteiger partial charge on any atom is -0.254 e. The summed E-state index contributed by atoms with van der Waals surface area (Å²) in [6, 6.07) is 5.58. The van der Waals surface area contributed by atoms with Crippen LogP contribution in [0.1, 0.15) is 13.3 Å². The first-order valence-corrected chi connectivity index (χ1v) is 6.61. The number of hydrogen-bond donors (Lipinski definition) is 0. The summed E-state index contributed by atoms with van der Waals surface area (Å²) in [4.78, 5) is 4.53. The predicted molar refractivity (Wildman–Crippen MR) is 66.8 cm³/mol. The molecule has 2 atom stereocenters. The Bertz CT molecular complexity index is 412. The second-order valence-electron chi connectivity index (χ2n) is 3.25. The van der Waals surface area contributed by atoms with E-state index in [1.807, 2.05) is 6.92 Å². The van der Waals surface area contributed by atoms with Crippen LogP contribution in [0.5, 0.6) is 0 Å². The lowest BCUT2D eigenvalue weighted by Gasteiger charge is -2.07. The fraction of sp³-hybridized carbons (Fsp3) is 0.364. The van der Waals surface area contributed by atoms with Gasteiger partial charge in [0.05, 0.1) is 27.8 Å². The second kappa shape index (κ2) is 6.63. The van der Waals surface area contributed by atoms with Gasteiger partial charge in [-0.3, -0.25) is 4.21 Å². The molecule has 0 heterocycles. The zero-order valence-electron chi connectivity index (χ0n) is 8.85. The number of rotatable bonds is 5. The minimum atomic E-state index is -1.17. The van der Waals surface area contributed by atoms with Crippen molar-refractivity contribution in [1.82, 2.24) is 0 Å². The van der Waals surface area contributed by atoms with Crippen molar-refractivity contribution in [2.45, 2.75) is 24.3 Å². The Morgan fingerprint density at radius 3 is 2.62 bits per heavy atom. The van der Waals surface area contributed by atoms with Gasteiger partial charge < -0.3 is 0 Å². The van der Waals surface area contributed by atoms with Gasteiger partial charge in [-0.1, -0.05) is 6.92 Å². The number of nitrogens with zero attached hydrogens (tertiary/aromatic N) is 1. The lowest BCUT2D eigenvalue weighted by molar-refractivity contribution is 0.626. The van der Waals surface area contributed by atoms with Crippen molar-refractivity contribution >= 4 is 28.2 Å². The van der Waals surface area contributed by atoms with Gasteiger partial charge in [0.1, 0.15) is 5.82 Å². The monoisotopic (exact) mass is 257 g/mol. The first-order valence-electron chi connectivity index (χ1n) is 4.88. The Hall–Kier alpha value is -0.900. The Balaban J connectivity index is 2.71. The van der Waals surface area contributed by atoms with Crippen molar-refractivity contribution < 1.29 is 8.60 Å². The van der Waals surface area contributed by atoms with E-state index >= 15 is 0 Å². The van der Waals surface area contributed by atoms with E-state index in [9.17, 15) is 8.60 Å².